The number of ether oxygens (including phenoxy) is 1. The molecule has 0 fully saturated rings. The second-order valence-corrected chi connectivity index (χ2v) is 7.14. The third kappa shape index (κ3) is 7.96. The Morgan fingerprint density at radius 1 is 1.12 bits per heavy atom. The molecule has 1 rings (SSSR count). The van der Waals surface area contributed by atoms with Gasteiger partial charge in [0, 0.05) is 0 Å². The van der Waals surface area contributed by atoms with Crippen LogP contribution in [0.1, 0.15) is 77.7 Å². The van der Waals surface area contributed by atoms with Crippen molar-refractivity contribution in [1.82, 2.24) is 0 Å². The summed E-state index contributed by atoms with van der Waals surface area (Å²) in [4.78, 5) is 12.2. The van der Waals surface area contributed by atoms with E-state index in [9.17, 15) is 9.90 Å². The zero-order chi connectivity index (χ0) is 17.8. The second-order valence-electron chi connectivity index (χ2n) is 7.14. The monoisotopic (exact) mass is 334 g/mol. The number of esters is 1. The molecule has 1 unspecified atom stereocenters. The fraction of sp³-hybridized carbons (Fsp3) is 0.667. The van der Waals surface area contributed by atoms with Crippen LogP contribution in [0.25, 0.3) is 0 Å². The highest BCUT2D eigenvalue weighted by molar-refractivity contribution is 5.71. The molecule has 0 bridgehead atoms. The molecule has 0 saturated heterocycles. The first kappa shape index (κ1) is 20.7. The van der Waals surface area contributed by atoms with Gasteiger partial charge in [0.25, 0.3) is 0 Å². The van der Waals surface area contributed by atoms with Crippen molar-refractivity contribution >= 4 is 5.97 Å². The van der Waals surface area contributed by atoms with Crippen LogP contribution in [0.4, 0.5) is 0 Å². The quantitative estimate of drug-likeness (QED) is 0.421. The van der Waals surface area contributed by atoms with Gasteiger partial charge in [-0.2, -0.15) is 0 Å². The van der Waals surface area contributed by atoms with E-state index in [2.05, 4.69) is 20.8 Å². The summed E-state index contributed by atoms with van der Waals surface area (Å²) in [6, 6.07) is 9.47. The lowest BCUT2D eigenvalue weighted by Crippen LogP contribution is -2.30. The minimum atomic E-state index is -1.12. The van der Waals surface area contributed by atoms with Crippen LogP contribution in [0.2, 0.25) is 0 Å². The molecular formula is C21H34O3. The molecule has 0 spiro atoms. The van der Waals surface area contributed by atoms with Crippen LogP contribution in [0.5, 0.6) is 0 Å². The van der Waals surface area contributed by atoms with Gasteiger partial charge in [0.2, 0.25) is 0 Å². The Morgan fingerprint density at radius 3 is 2.46 bits per heavy atom. The van der Waals surface area contributed by atoms with E-state index < -0.39 is 5.60 Å². The second kappa shape index (κ2) is 11.2. The highest BCUT2D eigenvalue weighted by Crippen LogP contribution is 2.31. The number of unbranched alkanes of at least 4 members (excludes halogenated alkanes) is 3. The maximum absolute atomic E-state index is 12.2. The van der Waals surface area contributed by atoms with E-state index in [4.69, 9.17) is 4.74 Å². The Balaban J connectivity index is 2.44. The number of rotatable bonds is 12. The molecule has 1 aromatic carbocycles. The van der Waals surface area contributed by atoms with Crippen molar-refractivity contribution in [3.05, 3.63) is 35.9 Å². The molecule has 1 atom stereocenters. The number of carbonyl (C=O) groups is 1. The first-order valence-electron chi connectivity index (χ1n) is 9.41. The Hall–Kier alpha value is -1.35. The van der Waals surface area contributed by atoms with Crippen LogP contribution in [-0.4, -0.2) is 17.7 Å². The molecule has 0 aliphatic carbocycles. The first-order chi connectivity index (χ1) is 11.5. The fourth-order valence-corrected chi connectivity index (χ4v) is 2.86. The molecule has 24 heavy (non-hydrogen) atoms. The smallest absolute Gasteiger partial charge is 0.309 e. The lowest BCUT2D eigenvalue weighted by molar-refractivity contribution is -0.150. The van der Waals surface area contributed by atoms with Crippen molar-refractivity contribution in [3.63, 3.8) is 0 Å². The summed E-state index contributed by atoms with van der Waals surface area (Å²) in [5.74, 6) is 0.424. The maximum atomic E-state index is 12.2. The van der Waals surface area contributed by atoms with Crippen LogP contribution in [0.3, 0.4) is 0 Å². The van der Waals surface area contributed by atoms with E-state index in [-0.39, 0.29) is 12.4 Å². The van der Waals surface area contributed by atoms with E-state index >= 15 is 0 Å². The average molecular weight is 334 g/mol. The molecule has 136 valence electrons. The van der Waals surface area contributed by atoms with Crippen molar-refractivity contribution in [2.45, 2.75) is 77.7 Å². The van der Waals surface area contributed by atoms with Gasteiger partial charge in [0.15, 0.2) is 0 Å². The highest BCUT2D eigenvalue weighted by Gasteiger charge is 2.32. The van der Waals surface area contributed by atoms with Crippen LogP contribution >= 0.6 is 0 Å². The van der Waals surface area contributed by atoms with Crippen molar-refractivity contribution in [2.75, 3.05) is 6.61 Å². The summed E-state index contributed by atoms with van der Waals surface area (Å²) in [5, 5.41) is 11.0. The number of hydrogen-bond donors (Lipinski definition) is 1. The molecule has 0 saturated carbocycles. The van der Waals surface area contributed by atoms with Gasteiger partial charge in [0.1, 0.15) is 5.60 Å². The predicted molar refractivity (Wildman–Crippen MR) is 98.7 cm³/mol. The molecule has 3 nitrogen and oxygen atoms in total. The topological polar surface area (TPSA) is 46.5 Å². The summed E-state index contributed by atoms with van der Waals surface area (Å²) in [6.07, 6.45) is 6.87. The number of carbonyl (C=O) groups excluding carboxylic acids is 1. The summed E-state index contributed by atoms with van der Waals surface area (Å²) in [7, 11) is 0. The molecule has 0 aromatic heterocycles. The molecule has 0 aliphatic rings. The Kier molecular flexibility index (Phi) is 9.70. The molecule has 0 radical (unpaired) electrons. The minimum Gasteiger partial charge on any atom is -0.466 e. The van der Waals surface area contributed by atoms with E-state index in [0.29, 0.717) is 13.0 Å². The van der Waals surface area contributed by atoms with Gasteiger partial charge < -0.3 is 9.84 Å². The Bertz CT molecular complexity index is 455. The first-order valence-corrected chi connectivity index (χ1v) is 9.41. The van der Waals surface area contributed by atoms with Crippen LogP contribution in [0, 0.1) is 5.92 Å². The van der Waals surface area contributed by atoms with Crippen LogP contribution in [0.15, 0.2) is 30.3 Å². The Labute approximate surface area is 147 Å². The van der Waals surface area contributed by atoms with E-state index in [1.165, 1.54) is 12.8 Å². The van der Waals surface area contributed by atoms with Gasteiger partial charge in [-0.15, -0.1) is 0 Å². The third-order valence-corrected chi connectivity index (χ3v) is 4.38. The van der Waals surface area contributed by atoms with Crippen molar-refractivity contribution in [2.24, 2.45) is 5.92 Å². The van der Waals surface area contributed by atoms with Crippen molar-refractivity contribution in [3.8, 4) is 0 Å². The van der Waals surface area contributed by atoms with Crippen molar-refractivity contribution in [1.29, 1.82) is 0 Å². The summed E-state index contributed by atoms with van der Waals surface area (Å²) in [6.45, 7) is 6.98. The van der Waals surface area contributed by atoms with Gasteiger partial charge in [-0.25, -0.2) is 0 Å². The minimum absolute atomic E-state index is 0.0308. The maximum Gasteiger partial charge on any atom is 0.309 e. The molecule has 1 N–H and O–H groups in total. The molecule has 0 heterocycles. The van der Waals surface area contributed by atoms with Crippen LogP contribution < -0.4 is 0 Å². The lowest BCUT2D eigenvalue weighted by atomic mass is 9.85. The number of hydrogen-bond acceptors (Lipinski definition) is 3. The summed E-state index contributed by atoms with van der Waals surface area (Å²) >= 11 is 0. The van der Waals surface area contributed by atoms with Crippen LogP contribution in [-0.2, 0) is 15.1 Å². The molecule has 0 aliphatic heterocycles. The molecule has 0 amide bonds. The van der Waals surface area contributed by atoms with Crippen molar-refractivity contribution < 1.29 is 14.6 Å². The summed E-state index contributed by atoms with van der Waals surface area (Å²) in [5.41, 5.74) is -0.321. The average Bonchev–Trinajstić information content (AvgIpc) is 2.56. The standard InChI is InChI=1S/C21H34O3/c1-4-5-15-21(23,19-13-9-6-10-14-19)17-20(22)24-16-11-7-8-12-18(2)3/h6,9-10,13-14,18,23H,4-5,7-8,11-12,15-17H2,1-3H3. The van der Waals surface area contributed by atoms with E-state index in [0.717, 1.165) is 37.2 Å². The SMILES string of the molecule is CCCCC(O)(CC(=O)OCCCCCC(C)C)c1ccccc1. The molecular weight excluding hydrogens is 300 g/mol. The number of benzene rings is 1. The molecule has 1 aromatic rings. The van der Waals surface area contributed by atoms with E-state index in [1.54, 1.807) is 0 Å². The molecule has 3 heteroatoms. The zero-order valence-corrected chi connectivity index (χ0v) is 15.6. The largest absolute Gasteiger partial charge is 0.466 e. The van der Waals surface area contributed by atoms with Gasteiger partial charge in [-0.05, 0) is 24.3 Å². The third-order valence-electron chi connectivity index (χ3n) is 4.38. The van der Waals surface area contributed by atoms with Gasteiger partial charge >= 0.3 is 5.97 Å². The Morgan fingerprint density at radius 2 is 1.83 bits per heavy atom. The van der Waals surface area contributed by atoms with Gasteiger partial charge in [-0.3, -0.25) is 4.79 Å². The van der Waals surface area contributed by atoms with Gasteiger partial charge in [-0.1, -0.05) is 83.2 Å². The normalized spacial score (nSPS) is 13.7. The fourth-order valence-electron chi connectivity index (χ4n) is 2.86. The lowest BCUT2D eigenvalue weighted by Gasteiger charge is -2.28. The van der Waals surface area contributed by atoms with Gasteiger partial charge in [0.05, 0.1) is 13.0 Å². The predicted octanol–water partition coefficient (Wildman–Crippen LogP) is 5.21. The summed E-state index contributed by atoms with van der Waals surface area (Å²) < 4.78 is 5.35. The zero-order valence-electron chi connectivity index (χ0n) is 15.6. The van der Waals surface area contributed by atoms with E-state index in [1.807, 2.05) is 30.3 Å². The highest BCUT2D eigenvalue weighted by atomic mass is 16.5. The number of aliphatic hydroxyl groups is 1.